The van der Waals surface area contributed by atoms with Gasteiger partial charge in [-0.3, -0.25) is 0 Å². The first kappa shape index (κ1) is 17.6. The second-order valence-corrected chi connectivity index (χ2v) is 6.18. The van der Waals surface area contributed by atoms with Crippen LogP contribution in [0.3, 0.4) is 0 Å². The Balaban J connectivity index is 1.85. The number of benzene rings is 1. The number of hydrogen-bond donors (Lipinski definition) is 3. The highest BCUT2D eigenvalue weighted by atomic mass is 16.3. The van der Waals surface area contributed by atoms with Crippen molar-refractivity contribution in [3.05, 3.63) is 24.3 Å². The summed E-state index contributed by atoms with van der Waals surface area (Å²) in [6.45, 7) is 4.58. The number of urea groups is 1. The van der Waals surface area contributed by atoms with E-state index in [0.29, 0.717) is 19.4 Å². The maximum absolute atomic E-state index is 11.9. The summed E-state index contributed by atoms with van der Waals surface area (Å²) >= 11 is 0. The predicted octanol–water partition coefficient (Wildman–Crippen LogP) is 3.35. The first-order chi connectivity index (χ1) is 11.2. The molecule has 2 rings (SSSR count). The number of carbonyl (C=O) groups excluding carboxylic acids is 1. The van der Waals surface area contributed by atoms with Crippen LogP contribution >= 0.6 is 0 Å². The Labute approximate surface area is 139 Å². The maximum atomic E-state index is 11.9. The molecule has 3 N–H and O–H groups in total. The van der Waals surface area contributed by atoms with E-state index in [1.54, 1.807) is 0 Å². The molecule has 0 aliphatic carbocycles. The predicted molar refractivity (Wildman–Crippen MR) is 95.1 cm³/mol. The Kier molecular flexibility index (Phi) is 7.20. The number of aliphatic hydroxyl groups excluding tert-OH is 1. The Hall–Kier alpha value is -1.75. The SMILES string of the molecule is CCC(O)CCNC(=O)Nc1cccc(N2CCCCCC2)c1. The van der Waals surface area contributed by atoms with Crippen molar-refractivity contribution in [1.29, 1.82) is 0 Å². The van der Waals surface area contributed by atoms with Crippen molar-refractivity contribution >= 4 is 17.4 Å². The normalized spacial score (nSPS) is 16.5. The third-order valence-corrected chi connectivity index (χ3v) is 4.31. The van der Waals surface area contributed by atoms with Gasteiger partial charge in [0.25, 0.3) is 0 Å². The number of anilines is 2. The second kappa shape index (κ2) is 9.40. The Morgan fingerprint density at radius 2 is 2.00 bits per heavy atom. The van der Waals surface area contributed by atoms with Gasteiger partial charge in [0.2, 0.25) is 0 Å². The molecule has 1 unspecified atom stereocenters. The Morgan fingerprint density at radius 1 is 1.26 bits per heavy atom. The Morgan fingerprint density at radius 3 is 2.70 bits per heavy atom. The van der Waals surface area contributed by atoms with Crippen molar-refractivity contribution in [2.75, 3.05) is 29.9 Å². The second-order valence-electron chi connectivity index (χ2n) is 6.18. The third-order valence-electron chi connectivity index (χ3n) is 4.31. The van der Waals surface area contributed by atoms with Gasteiger partial charge in [0, 0.05) is 31.0 Å². The molecule has 1 aliphatic rings. The average molecular weight is 319 g/mol. The van der Waals surface area contributed by atoms with Crippen LogP contribution in [0.25, 0.3) is 0 Å². The minimum atomic E-state index is -0.346. The molecule has 1 saturated heterocycles. The highest BCUT2D eigenvalue weighted by molar-refractivity contribution is 5.89. The molecule has 0 spiro atoms. The number of nitrogens with zero attached hydrogens (tertiary/aromatic N) is 1. The molecule has 0 bridgehead atoms. The monoisotopic (exact) mass is 319 g/mol. The van der Waals surface area contributed by atoms with Crippen LogP contribution in [0.1, 0.15) is 45.4 Å². The molecular weight excluding hydrogens is 290 g/mol. The molecule has 1 aliphatic heterocycles. The van der Waals surface area contributed by atoms with Gasteiger partial charge in [-0.2, -0.15) is 0 Å². The van der Waals surface area contributed by atoms with Crippen LogP contribution in [0.5, 0.6) is 0 Å². The smallest absolute Gasteiger partial charge is 0.319 e. The fraction of sp³-hybridized carbons (Fsp3) is 0.611. The molecule has 0 saturated carbocycles. The molecule has 5 heteroatoms. The lowest BCUT2D eigenvalue weighted by molar-refractivity contribution is 0.160. The molecule has 1 heterocycles. The fourth-order valence-electron chi connectivity index (χ4n) is 2.84. The molecule has 1 aromatic rings. The highest BCUT2D eigenvalue weighted by Gasteiger charge is 2.11. The van der Waals surface area contributed by atoms with Gasteiger partial charge in [-0.1, -0.05) is 25.8 Å². The van der Waals surface area contributed by atoms with E-state index in [2.05, 4.69) is 21.6 Å². The molecule has 1 aromatic carbocycles. The van der Waals surface area contributed by atoms with Crippen molar-refractivity contribution in [1.82, 2.24) is 5.32 Å². The number of nitrogens with one attached hydrogen (secondary N) is 2. The summed E-state index contributed by atoms with van der Waals surface area (Å²) in [5.41, 5.74) is 1.98. The standard InChI is InChI=1S/C18H29N3O2/c1-2-17(22)10-11-19-18(23)20-15-8-7-9-16(14-15)21-12-5-3-4-6-13-21/h7-9,14,17,22H,2-6,10-13H2,1H3,(H2,19,20,23). The van der Waals surface area contributed by atoms with Crippen LogP contribution in [-0.2, 0) is 0 Å². The van der Waals surface area contributed by atoms with Gasteiger partial charge in [-0.25, -0.2) is 4.79 Å². The molecular formula is C18H29N3O2. The topological polar surface area (TPSA) is 64.6 Å². The van der Waals surface area contributed by atoms with E-state index < -0.39 is 0 Å². The summed E-state index contributed by atoms with van der Waals surface area (Å²) in [5, 5.41) is 15.1. The first-order valence-electron chi connectivity index (χ1n) is 8.77. The van der Waals surface area contributed by atoms with Gasteiger partial charge < -0.3 is 20.6 Å². The van der Waals surface area contributed by atoms with Crippen LogP contribution < -0.4 is 15.5 Å². The van der Waals surface area contributed by atoms with Crippen LogP contribution in [0.15, 0.2) is 24.3 Å². The summed E-state index contributed by atoms with van der Waals surface area (Å²) in [6, 6.07) is 7.80. The van der Waals surface area contributed by atoms with Gasteiger partial charge in [0.15, 0.2) is 0 Å². The lowest BCUT2D eigenvalue weighted by Crippen LogP contribution is -2.31. The Bertz CT molecular complexity index is 485. The zero-order chi connectivity index (χ0) is 16.5. The van der Waals surface area contributed by atoms with E-state index in [9.17, 15) is 9.90 Å². The van der Waals surface area contributed by atoms with Gasteiger partial charge >= 0.3 is 6.03 Å². The van der Waals surface area contributed by atoms with Crippen LogP contribution in [0.4, 0.5) is 16.2 Å². The van der Waals surface area contributed by atoms with E-state index in [1.807, 2.05) is 25.1 Å². The van der Waals surface area contributed by atoms with Crippen molar-refractivity contribution in [2.45, 2.75) is 51.6 Å². The molecule has 1 atom stereocenters. The quantitative estimate of drug-likeness (QED) is 0.753. The third kappa shape index (κ3) is 6.10. The summed E-state index contributed by atoms with van der Waals surface area (Å²) < 4.78 is 0. The first-order valence-corrected chi connectivity index (χ1v) is 8.77. The summed E-state index contributed by atoms with van der Waals surface area (Å²) in [4.78, 5) is 14.3. The molecule has 5 nitrogen and oxygen atoms in total. The number of carbonyl (C=O) groups is 1. The van der Waals surface area contributed by atoms with Gasteiger partial charge in [-0.05, 0) is 43.9 Å². The minimum absolute atomic E-state index is 0.221. The van der Waals surface area contributed by atoms with Crippen LogP contribution in [-0.4, -0.2) is 36.9 Å². The zero-order valence-electron chi connectivity index (χ0n) is 14.1. The van der Waals surface area contributed by atoms with E-state index in [1.165, 1.54) is 31.4 Å². The van der Waals surface area contributed by atoms with Crippen molar-refractivity contribution in [3.63, 3.8) is 0 Å². The van der Waals surface area contributed by atoms with E-state index in [-0.39, 0.29) is 12.1 Å². The molecule has 0 radical (unpaired) electrons. The highest BCUT2D eigenvalue weighted by Crippen LogP contribution is 2.22. The fourth-order valence-corrected chi connectivity index (χ4v) is 2.84. The molecule has 1 fully saturated rings. The number of rotatable bonds is 6. The molecule has 128 valence electrons. The van der Waals surface area contributed by atoms with Crippen LogP contribution in [0, 0.1) is 0 Å². The van der Waals surface area contributed by atoms with Gasteiger partial charge in [-0.15, -0.1) is 0 Å². The lowest BCUT2D eigenvalue weighted by atomic mass is 10.2. The number of aliphatic hydroxyl groups is 1. The lowest BCUT2D eigenvalue weighted by Gasteiger charge is -2.23. The number of amides is 2. The van der Waals surface area contributed by atoms with E-state index >= 15 is 0 Å². The number of hydrogen-bond acceptors (Lipinski definition) is 3. The maximum Gasteiger partial charge on any atom is 0.319 e. The molecule has 23 heavy (non-hydrogen) atoms. The van der Waals surface area contributed by atoms with Crippen molar-refractivity contribution in [2.24, 2.45) is 0 Å². The minimum Gasteiger partial charge on any atom is -0.393 e. The molecule has 2 amide bonds. The molecule has 0 aromatic heterocycles. The van der Waals surface area contributed by atoms with E-state index in [0.717, 1.165) is 18.8 Å². The van der Waals surface area contributed by atoms with Gasteiger partial charge in [0.1, 0.15) is 0 Å². The zero-order valence-corrected chi connectivity index (χ0v) is 14.1. The summed E-state index contributed by atoms with van der Waals surface area (Å²) in [6.07, 6.45) is 6.02. The van der Waals surface area contributed by atoms with Crippen molar-refractivity contribution < 1.29 is 9.90 Å². The van der Waals surface area contributed by atoms with Crippen molar-refractivity contribution in [3.8, 4) is 0 Å². The van der Waals surface area contributed by atoms with Gasteiger partial charge in [0.05, 0.1) is 6.10 Å². The van der Waals surface area contributed by atoms with E-state index in [4.69, 9.17) is 0 Å². The average Bonchev–Trinajstić information content (AvgIpc) is 2.84. The largest absolute Gasteiger partial charge is 0.393 e. The van der Waals surface area contributed by atoms with Crippen LogP contribution in [0.2, 0.25) is 0 Å². The summed E-state index contributed by atoms with van der Waals surface area (Å²) in [7, 11) is 0. The summed E-state index contributed by atoms with van der Waals surface area (Å²) in [5.74, 6) is 0.